The molecule has 0 amide bonds. The molecule has 1 saturated heterocycles. The van der Waals surface area contributed by atoms with Gasteiger partial charge in [0.05, 0.1) is 24.1 Å². The molecule has 0 aliphatic carbocycles. The number of hydrogen-bond acceptors (Lipinski definition) is 7. The minimum Gasteiger partial charge on any atom is -0.388 e. The molecule has 7 nitrogen and oxygen atoms in total. The van der Waals surface area contributed by atoms with E-state index in [1.54, 1.807) is 30.3 Å². The molecule has 1 atom stereocenters. The van der Waals surface area contributed by atoms with Gasteiger partial charge in [-0.1, -0.05) is 18.2 Å². The van der Waals surface area contributed by atoms with Gasteiger partial charge in [0.25, 0.3) is 0 Å². The van der Waals surface area contributed by atoms with E-state index in [1.165, 1.54) is 12.1 Å². The van der Waals surface area contributed by atoms with E-state index in [0.29, 0.717) is 36.1 Å². The Kier molecular flexibility index (Phi) is 7.14. The van der Waals surface area contributed by atoms with Crippen LogP contribution in [-0.2, 0) is 0 Å². The molecule has 1 fully saturated rings. The fourth-order valence-electron chi connectivity index (χ4n) is 4.25. The highest BCUT2D eigenvalue weighted by Crippen LogP contribution is 2.31. The number of halogens is 2. The van der Waals surface area contributed by atoms with Crippen LogP contribution in [0.2, 0.25) is 0 Å². The molecule has 37 heavy (non-hydrogen) atoms. The van der Waals surface area contributed by atoms with Crippen LogP contribution in [0.3, 0.4) is 0 Å². The van der Waals surface area contributed by atoms with E-state index in [4.69, 9.17) is 4.98 Å². The van der Waals surface area contributed by atoms with Crippen molar-refractivity contribution in [2.24, 2.45) is 0 Å². The number of nitrogens with one attached hydrogen (secondary N) is 3. The van der Waals surface area contributed by atoms with Gasteiger partial charge < -0.3 is 20.9 Å². The maximum atomic E-state index is 14.1. The Hall–Kier alpha value is -4.24. The van der Waals surface area contributed by atoms with E-state index in [1.807, 2.05) is 60.5 Å². The summed E-state index contributed by atoms with van der Waals surface area (Å²) in [4.78, 5) is 13.1. The number of anilines is 6. The second-order valence-corrected chi connectivity index (χ2v) is 8.96. The zero-order valence-corrected chi connectivity index (χ0v) is 20.7. The molecular weight excluding hydrogens is 472 g/mol. The van der Waals surface area contributed by atoms with Crippen LogP contribution in [0.15, 0.2) is 79.0 Å². The summed E-state index contributed by atoms with van der Waals surface area (Å²) in [5.41, 5.74) is 5.53. The van der Waals surface area contributed by atoms with Crippen LogP contribution in [0.1, 0.15) is 0 Å². The molecule has 0 saturated carbocycles. The molecule has 1 aliphatic heterocycles. The van der Waals surface area contributed by atoms with E-state index in [-0.39, 0.29) is 5.82 Å². The Labute approximate surface area is 215 Å². The number of hydrogen-bond donors (Lipinski definition) is 3. The Balaban J connectivity index is 1.40. The molecule has 1 aliphatic rings. The van der Waals surface area contributed by atoms with E-state index in [9.17, 15) is 8.78 Å². The predicted octanol–water partition coefficient (Wildman–Crippen LogP) is 5.86. The summed E-state index contributed by atoms with van der Waals surface area (Å²) in [6.07, 6.45) is 0.709. The van der Waals surface area contributed by atoms with Crippen molar-refractivity contribution in [3.05, 3.63) is 84.8 Å². The average molecular weight is 502 g/mol. The number of likely N-dealkylation sites (N-methyl/N-ethyl adjacent to an activating group) is 1. The van der Waals surface area contributed by atoms with Crippen LogP contribution in [0.5, 0.6) is 0 Å². The van der Waals surface area contributed by atoms with Gasteiger partial charge in [0, 0.05) is 48.5 Å². The Bertz CT molecular complexity index is 1360. The molecule has 3 N–H and O–H groups in total. The first kappa shape index (κ1) is 24.5. The zero-order valence-electron chi connectivity index (χ0n) is 20.7. The van der Waals surface area contributed by atoms with E-state index < -0.39 is 6.30 Å². The fourth-order valence-corrected chi connectivity index (χ4v) is 4.25. The van der Waals surface area contributed by atoms with Gasteiger partial charge in [0.1, 0.15) is 5.82 Å². The monoisotopic (exact) mass is 501 g/mol. The maximum Gasteiger partial charge on any atom is 0.227 e. The predicted molar refractivity (Wildman–Crippen MR) is 146 cm³/mol. The van der Waals surface area contributed by atoms with Crippen LogP contribution < -0.4 is 20.9 Å². The summed E-state index contributed by atoms with van der Waals surface area (Å²) in [5, 5.41) is 9.65. The minimum absolute atomic E-state index is 0.329. The molecule has 5 rings (SSSR count). The molecular formula is C28H29F2N7. The summed E-state index contributed by atoms with van der Waals surface area (Å²) in [7, 11) is 3.66. The lowest BCUT2D eigenvalue weighted by molar-refractivity contribution is 0.0973. The van der Waals surface area contributed by atoms with E-state index >= 15 is 0 Å². The largest absolute Gasteiger partial charge is 0.388 e. The molecule has 190 valence electrons. The van der Waals surface area contributed by atoms with Gasteiger partial charge >= 0.3 is 0 Å². The number of rotatable bonds is 7. The Morgan fingerprint density at radius 3 is 2.43 bits per heavy atom. The number of piperazine rings is 1. The standard InChI is InChI=1S/C28H29F2N7/c1-31-22-7-3-5-19(15-22)27-25(33-23-8-4-6-20(29)16-23)17-32-28(35-27)34-21-9-11-24(12-10-21)37-14-13-36(2)26(30)18-37/h3-12,15-17,26,31,33H,13-14,18H2,1-2H3,(H,32,34,35). The highest BCUT2D eigenvalue weighted by atomic mass is 19.1. The van der Waals surface area contributed by atoms with Gasteiger partial charge in [0.15, 0.2) is 6.30 Å². The Morgan fingerprint density at radius 1 is 0.892 bits per heavy atom. The SMILES string of the molecule is CNc1cccc(-c2nc(Nc3ccc(N4CCN(C)C(F)C4)cc3)ncc2Nc2cccc(F)c2)c1. The third-order valence-corrected chi connectivity index (χ3v) is 6.38. The fraction of sp³-hybridized carbons (Fsp3) is 0.214. The lowest BCUT2D eigenvalue weighted by Gasteiger charge is -2.36. The average Bonchev–Trinajstić information content (AvgIpc) is 2.91. The summed E-state index contributed by atoms with van der Waals surface area (Å²) < 4.78 is 27.9. The van der Waals surface area contributed by atoms with Crippen LogP contribution in [0, 0.1) is 5.82 Å². The second kappa shape index (κ2) is 10.8. The van der Waals surface area contributed by atoms with Crippen molar-refractivity contribution < 1.29 is 8.78 Å². The molecule has 1 aromatic heterocycles. The van der Waals surface area contributed by atoms with Crippen molar-refractivity contribution in [3.63, 3.8) is 0 Å². The van der Waals surface area contributed by atoms with Gasteiger partial charge in [0.2, 0.25) is 5.95 Å². The maximum absolute atomic E-state index is 14.1. The van der Waals surface area contributed by atoms with Gasteiger partial charge in [-0.3, -0.25) is 4.90 Å². The van der Waals surface area contributed by atoms with E-state index in [2.05, 4.69) is 20.9 Å². The first-order valence-corrected chi connectivity index (χ1v) is 12.1. The first-order chi connectivity index (χ1) is 18.0. The van der Waals surface area contributed by atoms with E-state index in [0.717, 1.165) is 29.2 Å². The van der Waals surface area contributed by atoms with Crippen molar-refractivity contribution in [2.75, 3.05) is 54.6 Å². The molecule has 3 aromatic carbocycles. The summed E-state index contributed by atoms with van der Waals surface area (Å²) in [6.45, 7) is 1.81. The summed E-state index contributed by atoms with van der Waals surface area (Å²) >= 11 is 0. The summed E-state index contributed by atoms with van der Waals surface area (Å²) in [5.74, 6) is 0.0933. The zero-order chi connectivity index (χ0) is 25.8. The second-order valence-electron chi connectivity index (χ2n) is 8.96. The molecule has 0 spiro atoms. The molecule has 1 unspecified atom stereocenters. The van der Waals surface area contributed by atoms with Crippen molar-refractivity contribution in [1.29, 1.82) is 0 Å². The highest BCUT2D eigenvalue weighted by molar-refractivity contribution is 5.80. The topological polar surface area (TPSA) is 68.4 Å². The molecule has 2 heterocycles. The molecule has 0 radical (unpaired) electrons. The van der Waals surface area contributed by atoms with Crippen molar-refractivity contribution in [2.45, 2.75) is 6.30 Å². The molecule has 9 heteroatoms. The third-order valence-electron chi connectivity index (χ3n) is 6.38. The molecule has 0 bridgehead atoms. The van der Waals surface area contributed by atoms with Gasteiger partial charge in [-0.15, -0.1) is 0 Å². The number of nitrogens with zero attached hydrogens (tertiary/aromatic N) is 4. The van der Waals surface area contributed by atoms with Crippen molar-refractivity contribution in [3.8, 4) is 11.3 Å². The Morgan fingerprint density at radius 2 is 1.68 bits per heavy atom. The highest BCUT2D eigenvalue weighted by Gasteiger charge is 2.23. The van der Waals surface area contributed by atoms with Gasteiger partial charge in [-0.2, -0.15) is 0 Å². The molecule has 4 aromatic rings. The van der Waals surface area contributed by atoms with Crippen LogP contribution in [0.25, 0.3) is 11.3 Å². The quantitative estimate of drug-likeness (QED) is 0.274. The minimum atomic E-state index is -0.973. The van der Waals surface area contributed by atoms with Crippen molar-refractivity contribution in [1.82, 2.24) is 14.9 Å². The van der Waals surface area contributed by atoms with Crippen LogP contribution in [-0.4, -0.2) is 54.9 Å². The third kappa shape index (κ3) is 5.78. The van der Waals surface area contributed by atoms with Crippen molar-refractivity contribution >= 4 is 34.4 Å². The normalized spacial score (nSPS) is 15.9. The summed E-state index contributed by atoms with van der Waals surface area (Å²) in [6, 6.07) is 21.9. The number of alkyl halides is 1. The lowest BCUT2D eigenvalue weighted by atomic mass is 10.1. The number of aromatic nitrogens is 2. The van der Waals surface area contributed by atoms with Gasteiger partial charge in [-0.05, 0) is 61.6 Å². The van der Waals surface area contributed by atoms with Crippen LogP contribution >= 0.6 is 0 Å². The first-order valence-electron chi connectivity index (χ1n) is 12.1. The van der Waals surface area contributed by atoms with Crippen LogP contribution in [0.4, 0.5) is 43.2 Å². The smallest absolute Gasteiger partial charge is 0.227 e. The lowest BCUT2D eigenvalue weighted by Crippen LogP contribution is -2.49. The number of benzene rings is 3. The van der Waals surface area contributed by atoms with Gasteiger partial charge in [-0.25, -0.2) is 18.7 Å².